The molecule has 0 aromatic carbocycles. The highest BCUT2D eigenvalue weighted by molar-refractivity contribution is 5.14. The molecular weight excluding hydrogens is 198 g/mol. The standard InChI is InChI=1S/C14H21NO/c15-10-9-14-8-4-3-6-12(14)11-5-1-2-7-13(11)16-14/h1-4,11-13H,5-10,15H2. The van der Waals surface area contributed by atoms with E-state index in [0.717, 1.165) is 31.7 Å². The van der Waals surface area contributed by atoms with Gasteiger partial charge in [0.2, 0.25) is 0 Å². The molecule has 2 N–H and O–H groups in total. The Morgan fingerprint density at radius 3 is 2.81 bits per heavy atom. The van der Waals surface area contributed by atoms with Crippen LogP contribution in [0.4, 0.5) is 0 Å². The van der Waals surface area contributed by atoms with Crippen LogP contribution in [0.1, 0.15) is 32.1 Å². The zero-order chi connectivity index (χ0) is 11.0. The van der Waals surface area contributed by atoms with Crippen LogP contribution < -0.4 is 5.73 Å². The van der Waals surface area contributed by atoms with Gasteiger partial charge in [0, 0.05) is 0 Å². The van der Waals surface area contributed by atoms with Crippen LogP contribution in [-0.4, -0.2) is 18.2 Å². The second-order valence-electron chi connectivity index (χ2n) is 5.38. The van der Waals surface area contributed by atoms with E-state index in [1.807, 2.05) is 0 Å². The van der Waals surface area contributed by atoms with Gasteiger partial charge in [-0.05, 0) is 50.5 Å². The molecule has 1 aliphatic heterocycles. The highest BCUT2D eigenvalue weighted by Gasteiger charge is 2.53. The Kier molecular flexibility index (Phi) is 2.64. The van der Waals surface area contributed by atoms with E-state index in [0.29, 0.717) is 12.0 Å². The van der Waals surface area contributed by atoms with E-state index in [2.05, 4.69) is 24.3 Å². The molecule has 0 radical (unpaired) electrons. The molecule has 1 fully saturated rings. The summed E-state index contributed by atoms with van der Waals surface area (Å²) in [7, 11) is 0. The fourth-order valence-corrected chi connectivity index (χ4v) is 3.85. The summed E-state index contributed by atoms with van der Waals surface area (Å²) >= 11 is 0. The largest absolute Gasteiger partial charge is 0.370 e. The molecule has 0 saturated carbocycles. The summed E-state index contributed by atoms with van der Waals surface area (Å²) in [5, 5.41) is 0. The van der Waals surface area contributed by atoms with Gasteiger partial charge in [0.25, 0.3) is 0 Å². The fraction of sp³-hybridized carbons (Fsp3) is 0.714. The predicted octanol–water partition coefficient (Wildman–Crippen LogP) is 2.41. The second kappa shape index (κ2) is 4.01. The van der Waals surface area contributed by atoms with E-state index < -0.39 is 0 Å². The normalized spacial score (nSPS) is 45.4. The maximum absolute atomic E-state index is 6.41. The lowest BCUT2D eigenvalue weighted by Crippen LogP contribution is -2.40. The number of rotatable bonds is 2. The summed E-state index contributed by atoms with van der Waals surface area (Å²) < 4.78 is 6.41. The van der Waals surface area contributed by atoms with Crippen molar-refractivity contribution in [1.82, 2.24) is 0 Å². The third-order valence-electron chi connectivity index (χ3n) is 4.59. The maximum Gasteiger partial charge on any atom is 0.0767 e. The van der Waals surface area contributed by atoms with Crippen LogP contribution in [0.5, 0.6) is 0 Å². The maximum atomic E-state index is 6.41. The number of ether oxygens (including phenoxy) is 1. The van der Waals surface area contributed by atoms with E-state index >= 15 is 0 Å². The first-order valence-electron chi connectivity index (χ1n) is 6.53. The molecule has 1 heterocycles. The van der Waals surface area contributed by atoms with Crippen LogP contribution in [0.3, 0.4) is 0 Å². The van der Waals surface area contributed by atoms with Gasteiger partial charge in [0.1, 0.15) is 0 Å². The zero-order valence-electron chi connectivity index (χ0n) is 9.77. The molecule has 4 unspecified atom stereocenters. The first-order chi connectivity index (χ1) is 7.86. The molecule has 0 aromatic heterocycles. The van der Waals surface area contributed by atoms with E-state index in [1.165, 1.54) is 12.8 Å². The Balaban J connectivity index is 1.88. The minimum Gasteiger partial charge on any atom is -0.370 e. The summed E-state index contributed by atoms with van der Waals surface area (Å²) in [6.45, 7) is 0.747. The first-order valence-corrected chi connectivity index (χ1v) is 6.53. The van der Waals surface area contributed by atoms with Crippen LogP contribution in [-0.2, 0) is 4.74 Å². The summed E-state index contributed by atoms with van der Waals surface area (Å²) in [5.74, 6) is 1.44. The smallest absolute Gasteiger partial charge is 0.0767 e. The summed E-state index contributed by atoms with van der Waals surface area (Å²) in [5.41, 5.74) is 5.85. The molecule has 2 nitrogen and oxygen atoms in total. The van der Waals surface area contributed by atoms with E-state index in [9.17, 15) is 0 Å². The summed E-state index contributed by atoms with van der Waals surface area (Å²) in [4.78, 5) is 0. The van der Waals surface area contributed by atoms with Gasteiger partial charge in [-0.25, -0.2) is 0 Å². The lowest BCUT2D eigenvalue weighted by Gasteiger charge is -2.37. The number of allylic oxidation sites excluding steroid dienone is 2. The van der Waals surface area contributed by atoms with Crippen LogP contribution in [0.2, 0.25) is 0 Å². The minimum atomic E-state index is 0.0743. The van der Waals surface area contributed by atoms with Crippen molar-refractivity contribution in [3.05, 3.63) is 24.3 Å². The molecule has 1 saturated heterocycles. The van der Waals surface area contributed by atoms with E-state index in [4.69, 9.17) is 10.5 Å². The van der Waals surface area contributed by atoms with Crippen molar-refractivity contribution in [3.8, 4) is 0 Å². The third-order valence-corrected chi connectivity index (χ3v) is 4.59. The van der Waals surface area contributed by atoms with Gasteiger partial charge in [0.15, 0.2) is 0 Å². The highest BCUT2D eigenvalue weighted by Crippen LogP contribution is 2.52. The highest BCUT2D eigenvalue weighted by atomic mass is 16.5. The number of hydrogen-bond acceptors (Lipinski definition) is 2. The monoisotopic (exact) mass is 219 g/mol. The Labute approximate surface area is 97.5 Å². The number of hydrogen-bond donors (Lipinski definition) is 1. The topological polar surface area (TPSA) is 35.2 Å². The minimum absolute atomic E-state index is 0.0743. The average Bonchev–Trinajstić information content (AvgIpc) is 2.63. The average molecular weight is 219 g/mol. The van der Waals surface area contributed by atoms with Gasteiger partial charge in [-0.3, -0.25) is 0 Å². The number of fused-ring (bicyclic) bond motifs is 3. The van der Waals surface area contributed by atoms with Crippen molar-refractivity contribution in [1.29, 1.82) is 0 Å². The molecule has 2 aliphatic carbocycles. The van der Waals surface area contributed by atoms with E-state index in [1.54, 1.807) is 0 Å². The number of nitrogens with two attached hydrogens (primary N) is 1. The van der Waals surface area contributed by atoms with Crippen LogP contribution in [0.25, 0.3) is 0 Å². The van der Waals surface area contributed by atoms with E-state index in [-0.39, 0.29) is 5.60 Å². The Bertz CT molecular complexity index is 323. The molecule has 0 bridgehead atoms. The van der Waals surface area contributed by atoms with Gasteiger partial charge >= 0.3 is 0 Å². The lowest BCUT2D eigenvalue weighted by molar-refractivity contribution is -0.0626. The van der Waals surface area contributed by atoms with Gasteiger partial charge in [-0.15, -0.1) is 0 Å². The molecule has 88 valence electrons. The van der Waals surface area contributed by atoms with Gasteiger partial charge in [0.05, 0.1) is 11.7 Å². The molecule has 0 amide bonds. The van der Waals surface area contributed by atoms with Crippen molar-refractivity contribution < 1.29 is 4.74 Å². The van der Waals surface area contributed by atoms with Crippen molar-refractivity contribution in [2.24, 2.45) is 17.6 Å². The SMILES string of the molecule is NCCC12CC=CCC1C1CC=CCC1O2. The van der Waals surface area contributed by atoms with Crippen molar-refractivity contribution in [2.45, 2.75) is 43.8 Å². The van der Waals surface area contributed by atoms with Gasteiger partial charge in [-0.2, -0.15) is 0 Å². The Morgan fingerprint density at radius 2 is 1.94 bits per heavy atom. The van der Waals surface area contributed by atoms with Crippen LogP contribution in [0.15, 0.2) is 24.3 Å². The Hall–Kier alpha value is -0.600. The first kappa shape index (κ1) is 10.5. The summed E-state index contributed by atoms with van der Waals surface area (Å²) in [6, 6.07) is 0. The van der Waals surface area contributed by atoms with Crippen LogP contribution >= 0.6 is 0 Å². The molecule has 3 rings (SSSR count). The van der Waals surface area contributed by atoms with Gasteiger partial charge in [-0.1, -0.05) is 24.3 Å². The van der Waals surface area contributed by atoms with Crippen LogP contribution in [0, 0.1) is 11.8 Å². The molecule has 0 spiro atoms. The molecule has 2 heteroatoms. The van der Waals surface area contributed by atoms with Gasteiger partial charge < -0.3 is 10.5 Å². The predicted molar refractivity (Wildman–Crippen MR) is 65.0 cm³/mol. The third kappa shape index (κ3) is 1.47. The lowest BCUT2D eigenvalue weighted by atomic mass is 9.69. The van der Waals surface area contributed by atoms with Crippen molar-refractivity contribution >= 4 is 0 Å². The molecule has 3 aliphatic rings. The second-order valence-corrected chi connectivity index (χ2v) is 5.38. The summed E-state index contributed by atoms with van der Waals surface area (Å²) in [6.07, 6.45) is 15.3. The molecular formula is C14H21NO. The Morgan fingerprint density at radius 1 is 1.12 bits per heavy atom. The zero-order valence-corrected chi connectivity index (χ0v) is 9.77. The quantitative estimate of drug-likeness (QED) is 0.724. The molecule has 4 atom stereocenters. The van der Waals surface area contributed by atoms with Crippen molar-refractivity contribution in [2.75, 3.05) is 6.54 Å². The fourth-order valence-electron chi connectivity index (χ4n) is 3.85. The molecule has 0 aromatic rings. The molecule has 16 heavy (non-hydrogen) atoms. The van der Waals surface area contributed by atoms with Crippen molar-refractivity contribution in [3.63, 3.8) is 0 Å².